The largest absolute Gasteiger partial charge is 0.378 e. The fraction of sp³-hybridized carbons (Fsp3) is 0.500. The maximum absolute atomic E-state index is 5.63. The average molecular weight is 268 g/mol. The summed E-state index contributed by atoms with van der Waals surface area (Å²) < 4.78 is 6.79. The predicted molar refractivity (Wildman–Crippen MR) is 63.0 cm³/mol. The van der Waals surface area contributed by atoms with E-state index in [4.69, 9.17) is 4.74 Å². The zero-order valence-electron chi connectivity index (χ0n) is 8.55. The molecule has 0 saturated carbocycles. The minimum Gasteiger partial charge on any atom is -0.378 e. The van der Waals surface area contributed by atoms with Crippen LogP contribution in [0.1, 0.15) is 17.5 Å². The number of nitrogens with one attached hydrogen (secondary N) is 1. The van der Waals surface area contributed by atoms with Gasteiger partial charge < -0.3 is 10.1 Å². The molecule has 1 aliphatic heterocycles. The lowest BCUT2D eigenvalue weighted by Crippen LogP contribution is -2.50. The van der Waals surface area contributed by atoms with Crippen LogP contribution in [0, 0.1) is 0 Å². The molecule has 3 rings (SSSR count). The zero-order valence-corrected chi connectivity index (χ0v) is 10.1. The van der Waals surface area contributed by atoms with Gasteiger partial charge in [0.15, 0.2) is 0 Å². The molecule has 1 saturated heterocycles. The highest BCUT2D eigenvalue weighted by Crippen LogP contribution is 2.39. The van der Waals surface area contributed by atoms with Crippen LogP contribution in [0.15, 0.2) is 22.7 Å². The van der Waals surface area contributed by atoms with Gasteiger partial charge in [-0.15, -0.1) is 0 Å². The molecule has 1 spiro atoms. The van der Waals surface area contributed by atoms with Crippen LogP contribution in [0.2, 0.25) is 0 Å². The highest BCUT2D eigenvalue weighted by molar-refractivity contribution is 9.10. The highest BCUT2D eigenvalue weighted by Gasteiger charge is 2.40. The Morgan fingerprint density at radius 3 is 3.13 bits per heavy atom. The van der Waals surface area contributed by atoms with Gasteiger partial charge in [-0.2, -0.15) is 0 Å². The summed E-state index contributed by atoms with van der Waals surface area (Å²) in [7, 11) is 0. The van der Waals surface area contributed by atoms with Gasteiger partial charge in [0.05, 0.1) is 18.8 Å². The second-order valence-corrected chi connectivity index (χ2v) is 5.28. The number of morpholine rings is 1. The van der Waals surface area contributed by atoms with Gasteiger partial charge in [-0.1, -0.05) is 22.0 Å². The molecule has 1 fully saturated rings. The van der Waals surface area contributed by atoms with Gasteiger partial charge in [0, 0.05) is 11.0 Å². The quantitative estimate of drug-likeness (QED) is 0.779. The van der Waals surface area contributed by atoms with Crippen LogP contribution < -0.4 is 5.32 Å². The average Bonchev–Trinajstić information content (AvgIpc) is 2.59. The number of hydrogen-bond donors (Lipinski definition) is 1. The van der Waals surface area contributed by atoms with Crippen molar-refractivity contribution in [1.82, 2.24) is 5.32 Å². The number of rotatable bonds is 0. The molecule has 1 atom stereocenters. The molecule has 2 nitrogen and oxygen atoms in total. The third-order valence-corrected chi connectivity index (χ3v) is 3.96. The molecule has 3 heteroatoms. The Morgan fingerprint density at radius 1 is 1.40 bits per heavy atom. The summed E-state index contributed by atoms with van der Waals surface area (Å²) in [6, 6.07) is 6.59. The van der Waals surface area contributed by atoms with E-state index in [1.54, 1.807) is 0 Å². The molecule has 0 radical (unpaired) electrons. The van der Waals surface area contributed by atoms with Gasteiger partial charge >= 0.3 is 0 Å². The number of fused-ring (bicyclic) bond motifs is 2. The van der Waals surface area contributed by atoms with Gasteiger partial charge in [-0.25, -0.2) is 0 Å². The van der Waals surface area contributed by atoms with E-state index in [0.29, 0.717) is 0 Å². The molecule has 0 unspecified atom stereocenters. The minimum absolute atomic E-state index is 0.0946. The van der Waals surface area contributed by atoms with Crippen LogP contribution in [-0.2, 0) is 16.7 Å². The standard InChI is InChI=1S/C12H14BrNO/c13-10-2-1-9-3-4-12(11(9)7-10)8-15-6-5-14-12/h1-2,7,14H,3-6,8H2/t12-/m1/s1. The molecule has 1 aliphatic carbocycles. The third-order valence-electron chi connectivity index (χ3n) is 3.47. The van der Waals surface area contributed by atoms with Crippen LogP contribution in [0.3, 0.4) is 0 Å². The molecular weight excluding hydrogens is 254 g/mol. The molecule has 80 valence electrons. The maximum atomic E-state index is 5.63. The molecule has 1 heterocycles. The van der Waals surface area contributed by atoms with Crippen molar-refractivity contribution in [2.75, 3.05) is 19.8 Å². The monoisotopic (exact) mass is 267 g/mol. The Bertz CT molecular complexity index is 380. The minimum atomic E-state index is 0.0946. The first-order valence-electron chi connectivity index (χ1n) is 5.42. The van der Waals surface area contributed by atoms with Gasteiger partial charge in [-0.05, 0) is 36.1 Å². The summed E-state index contributed by atoms with van der Waals surface area (Å²) >= 11 is 3.55. The Morgan fingerprint density at radius 2 is 2.33 bits per heavy atom. The molecule has 1 N–H and O–H groups in total. The fourth-order valence-electron chi connectivity index (χ4n) is 2.69. The van der Waals surface area contributed by atoms with Crippen molar-refractivity contribution in [1.29, 1.82) is 0 Å². The summed E-state index contributed by atoms with van der Waals surface area (Å²) in [6.45, 7) is 2.62. The predicted octanol–water partition coefficient (Wildman–Crippen LogP) is 2.21. The summed E-state index contributed by atoms with van der Waals surface area (Å²) in [4.78, 5) is 0. The van der Waals surface area contributed by atoms with Crippen molar-refractivity contribution in [3.8, 4) is 0 Å². The number of benzene rings is 1. The van der Waals surface area contributed by atoms with E-state index in [-0.39, 0.29) is 5.54 Å². The maximum Gasteiger partial charge on any atom is 0.0691 e. The highest BCUT2D eigenvalue weighted by atomic mass is 79.9. The third kappa shape index (κ3) is 1.53. The second-order valence-electron chi connectivity index (χ2n) is 4.36. The van der Waals surface area contributed by atoms with Crippen LogP contribution >= 0.6 is 15.9 Å². The zero-order chi connectivity index (χ0) is 10.3. The van der Waals surface area contributed by atoms with Gasteiger partial charge in [-0.3, -0.25) is 0 Å². The Labute approximate surface area is 98.1 Å². The molecule has 1 aromatic rings. The first-order chi connectivity index (χ1) is 7.30. The summed E-state index contributed by atoms with van der Waals surface area (Å²) in [5, 5.41) is 3.63. The Hall–Kier alpha value is -0.380. The van der Waals surface area contributed by atoms with Crippen LogP contribution in [-0.4, -0.2) is 19.8 Å². The SMILES string of the molecule is Brc1ccc2c(c1)[C@@]1(CC2)COCCN1. The summed E-state index contributed by atoms with van der Waals surface area (Å²) in [6.07, 6.45) is 2.33. The van der Waals surface area contributed by atoms with Crippen molar-refractivity contribution < 1.29 is 4.74 Å². The lowest BCUT2D eigenvalue weighted by atomic mass is 9.92. The van der Waals surface area contributed by atoms with Crippen molar-refractivity contribution in [2.45, 2.75) is 18.4 Å². The summed E-state index contributed by atoms with van der Waals surface area (Å²) in [5.74, 6) is 0. The first-order valence-corrected chi connectivity index (χ1v) is 6.21. The fourth-order valence-corrected chi connectivity index (χ4v) is 3.05. The number of aryl methyl sites for hydroxylation is 1. The second kappa shape index (κ2) is 3.58. The molecule has 0 aromatic heterocycles. The topological polar surface area (TPSA) is 21.3 Å². The van der Waals surface area contributed by atoms with Gasteiger partial charge in [0.1, 0.15) is 0 Å². The van der Waals surface area contributed by atoms with Crippen molar-refractivity contribution in [2.24, 2.45) is 0 Å². The number of halogens is 1. The van der Waals surface area contributed by atoms with Crippen LogP contribution in [0.4, 0.5) is 0 Å². The van der Waals surface area contributed by atoms with Gasteiger partial charge in [0.25, 0.3) is 0 Å². The Kier molecular flexibility index (Phi) is 2.34. The molecule has 0 bridgehead atoms. The van der Waals surface area contributed by atoms with Gasteiger partial charge in [0.2, 0.25) is 0 Å². The van der Waals surface area contributed by atoms with E-state index in [9.17, 15) is 0 Å². The van der Waals surface area contributed by atoms with E-state index in [2.05, 4.69) is 39.4 Å². The van der Waals surface area contributed by atoms with E-state index < -0.39 is 0 Å². The Balaban J connectivity index is 2.05. The molecule has 2 aliphatic rings. The van der Waals surface area contributed by atoms with Crippen molar-refractivity contribution >= 4 is 15.9 Å². The van der Waals surface area contributed by atoms with E-state index in [0.717, 1.165) is 24.2 Å². The number of ether oxygens (including phenoxy) is 1. The van der Waals surface area contributed by atoms with Crippen LogP contribution in [0.5, 0.6) is 0 Å². The summed E-state index contributed by atoms with van der Waals surface area (Å²) in [5.41, 5.74) is 2.99. The van der Waals surface area contributed by atoms with E-state index in [1.165, 1.54) is 24.0 Å². The molecule has 0 amide bonds. The van der Waals surface area contributed by atoms with Crippen molar-refractivity contribution in [3.05, 3.63) is 33.8 Å². The first kappa shape index (κ1) is 9.82. The van der Waals surface area contributed by atoms with Crippen molar-refractivity contribution in [3.63, 3.8) is 0 Å². The van der Waals surface area contributed by atoms with Crippen LogP contribution in [0.25, 0.3) is 0 Å². The van der Waals surface area contributed by atoms with E-state index in [1.807, 2.05) is 0 Å². The normalized spacial score (nSPS) is 29.4. The lowest BCUT2D eigenvalue weighted by Gasteiger charge is -2.35. The molecule has 1 aromatic carbocycles. The lowest BCUT2D eigenvalue weighted by molar-refractivity contribution is 0.0260. The number of hydrogen-bond acceptors (Lipinski definition) is 2. The molecule has 15 heavy (non-hydrogen) atoms. The van der Waals surface area contributed by atoms with E-state index >= 15 is 0 Å². The smallest absolute Gasteiger partial charge is 0.0691 e. The molecular formula is C12H14BrNO.